The van der Waals surface area contributed by atoms with E-state index in [0.717, 1.165) is 11.3 Å². The minimum Gasteiger partial charge on any atom is -0.480 e. The summed E-state index contributed by atoms with van der Waals surface area (Å²) in [5.41, 5.74) is 0.490. The van der Waals surface area contributed by atoms with Gasteiger partial charge in [-0.3, -0.25) is 0 Å². The molecule has 1 aromatic rings. The Balaban J connectivity index is 2.59. The van der Waals surface area contributed by atoms with Gasteiger partial charge in [-0.2, -0.15) is 8.78 Å². The van der Waals surface area contributed by atoms with E-state index in [9.17, 15) is 13.6 Å². The molecule has 6 heteroatoms. The number of ether oxygens (including phenoxy) is 1. The van der Waals surface area contributed by atoms with Crippen molar-refractivity contribution in [3.8, 4) is 0 Å². The van der Waals surface area contributed by atoms with E-state index in [2.05, 4.69) is 4.74 Å². The fourth-order valence-electron chi connectivity index (χ4n) is 1.08. The van der Waals surface area contributed by atoms with Crippen LogP contribution in [-0.2, 0) is 15.5 Å². The molecule has 1 rings (SSSR count). The summed E-state index contributed by atoms with van der Waals surface area (Å²) in [5, 5.41) is 9.79. The van der Waals surface area contributed by atoms with Gasteiger partial charge in [0.2, 0.25) is 0 Å². The number of aliphatic carboxylic acids is 1. The highest BCUT2D eigenvalue weighted by Crippen LogP contribution is 2.34. The number of halogens is 2. The first kappa shape index (κ1) is 12.1. The average Bonchev–Trinajstić information content (AvgIpc) is 2.50. The van der Waals surface area contributed by atoms with Gasteiger partial charge in [0.1, 0.15) is 13.2 Å². The topological polar surface area (TPSA) is 46.5 Å². The predicted octanol–water partition coefficient (Wildman–Crippen LogP) is 2.25. The number of alkyl halides is 2. The molecular formula is C9H10F2O3S. The maximum atomic E-state index is 13.4. The number of carbonyl (C=O) groups is 1. The summed E-state index contributed by atoms with van der Waals surface area (Å²) in [6.45, 7) is -0.0302. The number of thiophene rings is 1. The Kier molecular flexibility index (Phi) is 3.76. The fourth-order valence-corrected chi connectivity index (χ4v) is 1.97. The highest BCUT2D eigenvalue weighted by Gasteiger charge is 2.34. The van der Waals surface area contributed by atoms with E-state index < -0.39 is 25.1 Å². The molecule has 0 aliphatic carbocycles. The van der Waals surface area contributed by atoms with Crippen molar-refractivity contribution in [2.75, 3.05) is 13.2 Å². The van der Waals surface area contributed by atoms with Gasteiger partial charge < -0.3 is 9.84 Å². The predicted molar refractivity (Wildman–Crippen MR) is 51.4 cm³/mol. The van der Waals surface area contributed by atoms with E-state index in [4.69, 9.17) is 5.11 Å². The minimum absolute atomic E-state index is 0.0760. The van der Waals surface area contributed by atoms with E-state index >= 15 is 0 Å². The Morgan fingerprint density at radius 3 is 2.80 bits per heavy atom. The highest BCUT2D eigenvalue weighted by molar-refractivity contribution is 7.10. The number of rotatable bonds is 5. The van der Waals surface area contributed by atoms with Gasteiger partial charge in [-0.15, -0.1) is 11.3 Å². The standard InChI is InChI=1S/C9H10F2O3S/c1-6-2-3-15-8(6)9(10,11)5-14-4-7(12)13/h2-3H,4-5H2,1H3,(H,12,13). The molecule has 84 valence electrons. The lowest BCUT2D eigenvalue weighted by molar-refractivity contribution is -0.147. The van der Waals surface area contributed by atoms with Crippen LogP contribution in [0.2, 0.25) is 0 Å². The van der Waals surface area contributed by atoms with Gasteiger partial charge in [0.25, 0.3) is 0 Å². The van der Waals surface area contributed by atoms with E-state index in [0.29, 0.717) is 5.56 Å². The van der Waals surface area contributed by atoms with Crippen molar-refractivity contribution in [1.29, 1.82) is 0 Å². The number of carboxylic acids is 1. The zero-order valence-electron chi connectivity index (χ0n) is 8.00. The van der Waals surface area contributed by atoms with Crippen LogP contribution in [0.15, 0.2) is 11.4 Å². The van der Waals surface area contributed by atoms with Crippen molar-refractivity contribution < 1.29 is 23.4 Å². The van der Waals surface area contributed by atoms with Crippen molar-refractivity contribution in [2.24, 2.45) is 0 Å². The molecule has 0 saturated carbocycles. The lowest BCUT2D eigenvalue weighted by atomic mass is 10.2. The third-order valence-corrected chi connectivity index (χ3v) is 2.83. The number of aryl methyl sites for hydroxylation is 1. The SMILES string of the molecule is Cc1ccsc1C(F)(F)COCC(=O)O. The van der Waals surface area contributed by atoms with Gasteiger partial charge in [-0.1, -0.05) is 0 Å². The first-order valence-electron chi connectivity index (χ1n) is 4.15. The second-order valence-corrected chi connectivity index (χ2v) is 3.94. The Morgan fingerprint density at radius 2 is 2.33 bits per heavy atom. The third kappa shape index (κ3) is 3.24. The van der Waals surface area contributed by atoms with Gasteiger partial charge in [0.15, 0.2) is 0 Å². The molecule has 0 spiro atoms. The van der Waals surface area contributed by atoms with Crippen LogP contribution in [0.3, 0.4) is 0 Å². The molecule has 0 fully saturated rings. The van der Waals surface area contributed by atoms with Crippen LogP contribution in [0.4, 0.5) is 8.78 Å². The zero-order chi connectivity index (χ0) is 11.5. The van der Waals surface area contributed by atoms with Crippen molar-refractivity contribution in [1.82, 2.24) is 0 Å². The van der Waals surface area contributed by atoms with E-state index in [1.165, 1.54) is 0 Å². The summed E-state index contributed by atoms with van der Waals surface area (Å²) >= 11 is 0.938. The van der Waals surface area contributed by atoms with Crippen molar-refractivity contribution in [3.63, 3.8) is 0 Å². The van der Waals surface area contributed by atoms with Crippen LogP contribution in [0, 0.1) is 6.92 Å². The quantitative estimate of drug-likeness (QED) is 0.852. The molecule has 1 N–H and O–H groups in total. The molecule has 0 bridgehead atoms. The van der Waals surface area contributed by atoms with Crippen LogP contribution in [0.1, 0.15) is 10.4 Å². The highest BCUT2D eigenvalue weighted by atomic mass is 32.1. The summed E-state index contributed by atoms with van der Waals surface area (Å²) in [6.07, 6.45) is 0. The molecule has 0 saturated heterocycles. The molecular weight excluding hydrogens is 226 g/mol. The number of hydrogen-bond donors (Lipinski definition) is 1. The fraction of sp³-hybridized carbons (Fsp3) is 0.444. The number of hydrogen-bond acceptors (Lipinski definition) is 3. The van der Waals surface area contributed by atoms with Crippen molar-refractivity contribution in [2.45, 2.75) is 12.8 Å². The van der Waals surface area contributed by atoms with Gasteiger partial charge in [-0.25, -0.2) is 4.79 Å². The molecule has 1 heterocycles. The molecule has 1 aromatic heterocycles. The maximum absolute atomic E-state index is 13.4. The Bertz CT molecular complexity index is 349. The molecule has 0 aliphatic rings. The second kappa shape index (κ2) is 4.67. The molecule has 0 aromatic carbocycles. The Hall–Kier alpha value is -1.01. The lowest BCUT2D eigenvalue weighted by Gasteiger charge is -2.15. The van der Waals surface area contributed by atoms with Crippen LogP contribution < -0.4 is 0 Å². The smallest absolute Gasteiger partial charge is 0.329 e. The van der Waals surface area contributed by atoms with Crippen LogP contribution in [0.5, 0.6) is 0 Å². The number of carboxylic acid groups (broad SMARTS) is 1. The zero-order valence-corrected chi connectivity index (χ0v) is 8.81. The first-order valence-corrected chi connectivity index (χ1v) is 5.03. The molecule has 0 amide bonds. The van der Waals surface area contributed by atoms with E-state index in [1.807, 2.05) is 0 Å². The molecule has 0 radical (unpaired) electrons. The third-order valence-electron chi connectivity index (χ3n) is 1.70. The van der Waals surface area contributed by atoms with Crippen LogP contribution in [-0.4, -0.2) is 24.3 Å². The summed E-state index contributed by atoms with van der Waals surface area (Å²) in [4.78, 5) is 10.00. The summed E-state index contributed by atoms with van der Waals surface area (Å²) in [6, 6.07) is 1.59. The van der Waals surface area contributed by atoms with Gasteiger partial charge in [-0.05, 0) is 23.9 Å². The van der Waals surface area contributed by atoms with Gasteiger partial charge in [0.05, 0.1) is 4.88 Å². The second-order valence-electron chi connectivity index (χ2n) is 3.02. The Labute approximate surface area is 89.3 Å². The van der Waals surface area contributed by atoms with Gasteiger partial charge >= 0.3 is 11.9 Å². The van der Waals surface area contributed by atoms with Crippen LogP contribution >= 0.6 is 11.3 Å². The molecule has 0 unspecified atom stereocenters. The minimum atomic E-state index is -3.12. The first-order chi connectivity index (χ1) is 6.93. The largest absolute Gasteiger partial charge is 0.480 e. The summed E-state index contributed by atoms with van der Waals surface area (Å²) in [5.74, 6) is -4.37. The van der Waals surface area contributed by atoms with E-state index in [1.54, 1.807) is 18.4 Å². The van der Waals surface area contributed by atoms with Gasteiger partial charge in [0, 0.05) is 0 Å². The normalized spacial score (nSPS) is 11.7. The molecule has 3 nitrogen and oxygen atoms in total. The average molecular weight is 236 g/mol. The summed E-state index contributed by atoms with van der Waals surface area (Å²) in [7, 11) is 0. The van der Waals surface area contributed by atoms with Crippen molar-refractivity contribution in [3.05, 3.63) is 21.9 Å². The molecule has 15 heavy (non-hydrogen) atoms. The summed E-state index contributed by atoms with van der Waals surface area (Å²) < 4.78 is 31.2. The van der Waals surface area contributed by atoms with E-state index in [-0.39, 0.29) is 4.88 Å². The monoisotopic (exact) mass is 236 g/mol. The Morgan fingerprint density at radius 1 is 1.67 bits per heavy atom. The van der Waals surface area contributed by atoms with Crippen LogP contribution in [0.25, 0.3) is 0 Å². The van der Waals surface area contributed by atoms with Crippen molar-refractivity contribution >= 4 is 17.3 Å². The molecule has 0 aliphatic heterocycles. The lowest BCUT2D eigenvalue weighted by Crippen LogP contribution is -2.23. The maximum Gasteiger partial charge on any atom is 0.329 e. The molecule has 0 atom stereocenters.